The van der Waals surface area contributed by atoms with Crippen molar-refractivity contribution < 1.29 is 0 Å². The summed E-state index contributed by atoms with van der Waals surface area (Å²) in [5.41, 5.74) is 0. The summed E-state index contributed by atoms with van der Waals surface area (Å²) in [4.78, 5) is 2.63. The summed E-state index contributed by atoms with van der Waals surface area (Å²) in [7, 11) is 0. The van der Waals surface area contributed by atoms with Crippen LogP contribution in [0.4, 0.5) is 0 Å². The number of likely N-dealkylation sites (tertiary alicyclic amines) is 1. The third-order valence-corrected chi connectivity index (χ3v) is 3.08. The second kappa shape index (κ2) is 4.86. The van der Waals surface area contributed by atoms with Gasteiger partial charge in [0.2, 0.25) is 0 Å². The molecule has 0 unspecified atom stereocenters. The molecule has 0 aromatic rings. The van der Waals surface area contributed by atoms with E-state index in [4.69, 9.17) is 0 Å². The molecule has 1 atom stereocenters. The minimum atomic E-state index is 0.886. The third-order valence-electron chi connectivity index (χ3n) is 3.08. The lowest BCUT2D eigenvalue weighted by Crippen LogP contribution is -2.22. The molecular weight excluding hydrogens is 146 g/mol. The van der Waals surface area contributed by atoms with Crippen LogP contribution in [0.15, 0.2) is 0 Å². The summed E-state index contributed by atoms with van der Waals surface area (Å²) in [6, 6.07) is 0. The second-order valence-electron chi connectivity index (χ2n) is 4.45. The van der Waals surface area contributed by atoms with Crippen molar-refractivity contribution in [1.82, 2.24) is 4.90 Å². The van der Waals surface area contributed by atoms with Crippen molar-refractivity contribution >= 4 is 0 Å². The highest BCUT2D eigenvalue weighted by molar-refractivity contribution is 4.77. The van der Waals surface area contributed by atoms with Crippen molar-refractivity contribution in [3.8, 4) is 0 Å². The van der Waals surface area contributed by atoms with Crippen LogP contribution in [0.3, 0.4) is 0 Å². The van der Waals surface area contributed by atoms with Crippen LogP contribution in [0.5, 0.6) is 0 Å². The standard InChI is InChI=1S/C11H23N/c1-4-5-7-12-8-6-11(9-12)10(2)3/h10-11H,4-9H2,1-3H3/t11-/m1/s1. The van der Waals surface area contributed by atoms with Gasteiger partial charge >= 0.3 is 0 Å². The van der Waals surface area contributed by atoms with E-state index in [0.29, 0.717) is 0 Å². The molecule has 1 heterocycles. The molecule has 1 rings (SSSR count). The number of nitrogens with zero attached hydrogens (tertiary/aromatic N) is 1. The highest BCUT2D eigenvalue weighted by atomic mass is 15.1. The molecule has 0 aliphatic carbocycles. The average molecular weight is 169 g/mol. The lowest BCUT2D eigenvalue weighted by atomic mass is 9.95. The Kier molecular flexibility index (Phi) is 4.07. The summed E-state index contributed by atoms with van der Waals surface area (Å²) >= 11 is 0. The van der Waals surface area contributed by atoms with Gasteiger partial charge in [0.15, 0.2) is 0 Å². The molecule has 1 aliphatic heterocycles. The van der Waals surface area contributed by atoms with E-state index in [1.54, 1.807) is 0 Å². The Hall–Kier alpha value is -0.0400. The van der Waals surface area contributed by atoms with E-state index < -0.39 is 0 Å². The molecule has 1 nitrogen and oxygen atoms in total. The van der Waals surface area contributed by atoms with Crippen LogP contribution in [-0.4, -0.2) is 24.5 Å². The van der Waals surface area contributed by atoms with Gasteiger partial charge in [0.05, 0.1) is 0 Å². The topological polar surface area (TPSA) is 3.24 Å². The SMILES string of the molecule is CCCCN1CC[C@@H](C(C)C)C1. The molecule has 72 valence electrons. The Bertz CT molecular complexity index is 120. The van der Waals surface area contributed by atoms with Crippen LogP contribution in [-0.2, 0) is 0 Å². The Morgan fingerprint density at radius 3 is 2.67 bits per heavy atom. The number of hydrogen-bond donors (Lipinski definition) is 0. The highest BCUT2D eigenvalue weighted by Gasteiger charge is 2.23. The van der Waals surface area contributed by atoms with E-state index in [1.165, 1.54) is 38.9 Å². The molecule has 0 aromatic heterocycles. The van der Waals surface area contributed by atoms with Crippen LogP contribution in [0.25, 0.3) is 0 Å². The van der Waals surface area contributed by atoms with E-state index in [2.05, 4.69) is 25.7 Å². The van der Waals surface area contributed by atoms with Gasteiger partial charge in [-0.1, -0.05) is 27.2 Å². The number of rotatable bonds is 4. The first-order valence-electron chi connectivity index (χ1n) is 5.46. The lowest BCUT2D eigenvalue weighted by Gasteiger charge is -2.17. The molecule has 12 heavy (non-hydrogen) atoms. The molecule has 0 bridgehead atoms. The van der Waals surface area contributed by atoms with E-state index in [-0.39, 0.29) is 0 Å². The largest absolute Gasteiger partial charge is 0.303 e. The normalized spacial score (nSPS) is 25.5. The third kappa shape index (κ3) is 2.78. The fourth-order valence-electron chi connectivity index (χ4n) is 1.99. The Labute approximate surface area is 77.1 Å². The van der Waals surface area contributed by atoms with Gasteiger partial charge in [-0.05, 0) is 37.8 Å². The Morgan fingerprint density at radius 1 is 1.42 bits per heavy atom. The maximum atomic E-state index is 2.63. The number of hydrogen-bond acceptors (Lipinski definition) is 1. The molecule has 1 saturated heterocycles. The molecule has 0 spiro atoms. The molecule has 0 radical (unpaired) electrons. The average Bonchev–Trinajstić information content (AvgIpc) is 2.48. The minimum Gasteiger partial charge on any atom is -0.303 e. The summed E-state index contributed by atoms with van der Waals surface area (Å²) in [6.45, 7) is 11.0. The van der Waals surface area contributed by atoms with Gasteiger partial charge < -0.3 is 4.90 Å². The molecule has 1 aliphatic rings. The van der Waals surface area contributed by atoms with E-state index >= 15 is 0 Å². The quantitative estimate of drug-likeness (QED) is 0.625. The fraction of sp³-hybridized carbons (Fsp3) is 1.00. The smallest absolute Gasteiger partial charge is 0.00126 e. The molecular formula is C11H23N. The summed E-state index contributed by atoms with van der Waals surface area (Å²) in [6.07, 6.45) is 4.15. The zero-order valence-electron chi connectivity index (χ0n) is 8.84. The highest BCUT2D eigenvalue weighted by Crippen LogP contribution is 2.23. The lowest BCUT2D eigenvalue weighted by molar-refractivity contribution is 0.299. The first-order valence-corrected chi connectivity index (χ1v) is 5.46. The molecule has 0 aromatic carbocycles. The summed E-state index contributed by atoms with van der Waals surface area (Å²) < 4.78 is 0. The maximum Gasteiger partial charge on any atom is 0.00126 e. The monoisotopic (exact) mass is 169 g/mol. The molecule has 0 saturated carbocycles. The number of unbranched alkanes of at least 4 members (excludes halogenated alkanes) is 1. The van der Waals surface area contributed by atoms with E-state index in [0.717, 1.165) is 11.8 Å². The zero-order chi connectivity index (χ0) is 8.97. The fourth-order valence-corrected chi connectivity index (χ4v) is 1.99. The van der Waals surface area contributed by atoms with Crippen LogP contribution >= 0.6 is 0 Å². The van der Waals surface area contributed by atoms with Gasteiger partial charge in [0.25, 0.3) is 0 Å². The van der Waals surface area contributed by atoms with E-state index in [1.807, 2.05) is 0 Å². The summed E-state index contributed by atoms with van der Waals surface area (Å²) in [5.74, 6) is 1.86. The van der Waals surface area contributed by atoms with Crippen molar-refractivity contribution in [2.75, 3.05) is 19.6 Å². The summed E-state index contributed by atoms with van der Waals surface area (Å²) in [5, 5.41) is 0. The van der Waals surface area contributed by atoms with Crippen LogP contribution in [0.2, 0.25) is 0 Å². The Balaban J connectivity index is 2.17. The molecule has 0 amide bonds. The molecule has 0 N–H and O–H groups in total. The van der Waals surface area contributed by atoms with Gasteiger partial charge in [-0.3, -0.25) is 0 Å². The van der Waals surface area contributed by atoms with Gasteiger partial charge in [-0.2, -0.15) is 0 Å². The van der Waals surface area contributed by atoms with Crippen LogP contribution < -0.4 is 0 Å². The second-order valence-corrected chi connectivity index (χ2v) is 4.45. The first kappa shape index (κ1) is 10.0. The molecule has 1 heteroatoms. The Morgan fingerprint density at radius 2 is 2.17 bits per heavy atom. The van der Waals surface area contributed by atoms with Gasteiger partial charge in [0.1, 0.15) is 0 Å². The van der Waals surface area contributed by atoms with Crippen LogP contribution in [0.1, 0.15) is 40.0 Å². The molecule has 1 fully saturated rings. The predicted octanol–water partition coefficient (Wildman–Crippen LogP) is 2.76. The van der Waals surface area contributed by atoms with Gasteiger partial charge in [-0.25, -0.2) is 0 Å². The van der Waals surface area contributed by atoms with Crippen molar-refractivity contribution in [2.45, 2.75) is 40.0 Å². The minimum absolute atomic E-state index is 0.886. The van der Waals surface area contributed by atoms with Crippen LogP contribution in [0, 0.1) is 11.8 Å². The maximum absolute atomic E-state index is 2.63. The van der Waals surface area contributed by atoms with Gasteiger partial charge in [-0.15, -0.1) is 0 Å². The zero-order valence-corrected chi connectivity index (χ0v) is 8.84. The predicted molar refractivity (Wildman–Crippen MR) is 54.3 cm³/mol. The first-order chi connectivity index (χ1) is 5.74. The van der Waals surface area contributed by atoms with Crippen molar-refractivity contribution in [3.05, 3.63) is 0 Å². The van der Waals surface area contributed by atoms with Crippen molar-refractivity contribution in [3.63, 3.8) is 0 Å². The van der Waals surface area contributed by atoms with E-state index in [9.17, 15) is 0 Å². The van der Waals surface area contributed by atoms with Crippen molar-refractivity contribution in [2.24, 2.45) is 11.8 Å². The van der Waals surface area contributed by atoms with Crippen molar-refractivity contribution in [1.29, 1.82) is 0 Å². The van der Waals surface area contributed by atoms with Gasteiger partial charge in [0, 0.05) is 6.54 Å².